The van der Waals surface area contributed by atoms with Crippen molar-refractivity contribution in [2.24, 2.45) is 0 Å². The first-order valence-corrected chi connectivity index (χ1v) is 8.37. The Hall–Kier alpha value is -0.770. The van der Waals surface area contributed by atoms with E-state index in [0.29, 0.717) is 12.1 Å². The van der Waals surface area contributed by atoms with Gasteiger partial charge in [0.15, 0.2) is 0 Å². The summed E-state index contributed by atoms with van der Waals surface area (Å²) >= 11 is 6.16. The van der Waals surface area contributed by atoms with E-state index in [1.54, 1.807) is 0 Å². The lowest BCUT2D eigenvalue weighted by atomic mass is 9.71. The molecule has 1 atom stereocenters. The molecule has 0 aromatic heterocycles. The van der Waals surface area contributed by atoms with Gasteiger partial charge in [-0.1, -0.05) is 18.5 Å². The molecule has 1 aromatic carbocycles. The van der Waals surface area contributed by atoms with Gasteiger partial charge in [0.2, 0.25) is 0 Å². The van der Waals surface area contributed by atoms with Crippen molar-refractivity contribution in [3.05, 3.63) is 28.8 Å². The van der Waals surface area contributed by atoms with Gasteiger partial charge in [-0.15, -0.1) is 0 Å². The average Bonchev–Trinajstić information content (AvgIpc) is 2.44. The van der Waals surface area contributed by atoms with Crippen molar-refractivity contribution in [3.63, 3.8) is 0 Å². The molecule has 1 heterocycles. The van der Waals surface area contributed by atoms with Gasteiger partial charge < -0.3 is 14.8 Å². The summed E-state index contributed by atoms with van der Waals surface area (Å²) in [6.07, 6.45) is 4.47. The van der Waals surface area contributed by atoms with E-state index in [9.17, 15) is 0 Å². The summed E-state index contributed by atoms with van der Waals surface area (Å²) in [6.45, 7) is 6.04. The van der Waals surface area contributed by atoms with Gasteiger partial charge in [0.05, 0.1) is 6.10 Å². The molecule has 116 valence electrons. The number of nitrogens with one attached hydrogen (secondary N) is 1. The standard InChI is InChI=1S/C17H24ClNO2/c1-3-7-19-15-11-17(9-13(10-17)20-4-2)21-16-6-5-12(18)8-14(15)16/h5-6,8,13,15,19H,3-4,7,9-11H2,1-2H3. The van der Waals surface area contributed by atoms with Gasteiger partial charge in [-0.3, -0.25) is 0 Å². The highest BCUT2D eigenvalue weighted by Gasteiger charge is 2.51. The van der Waals surface area contributed by atoms with E-state index in [2.05, 4.69) is 19.2 Å². The summed E-state index contributed by atoms with van der Waals surface area (Å²) in [4.78, 5) is 0. The number of benzene rings is 1. The summed E-state index contributed by atoms with van der Waals surface area (Å²) in [7, 11) is 0. The van der Waals surface area contributed by atoms with Crippen molar-refractivity contribution in [2.75, 3.05) is 13.2 Å². The molecule has 3 nitrogen and oxygen atoms in total. The number of ether oxygens (including phenoxy) is 2. The Bertz CT molecular complexity index is 500. The molecule has 1 saturated carbocycles. The van der Waals surface area contributed by atoms with E-state index in [1.165, 1.54) is 5.56 Å². The predicted molar refractivity (Wildman–Crippen MR) is 85.1 cm³/mol. The van der Waals surface area contributed by atoms with Crippen molar-refractivity contribution in [1.82, 2.24) is 5.32 Å². The number of fused-ring (bicyclic) bond motifs is 1. The van der Waals surface area contributed by atoms with Crippen molar-refractivity contribution in [2.45, 2.75) is 57.3 Å². The molecule has 1 N–H and O–H groups in total. The van der Waals surface area contributed by atoms with Crippen LogP contribution in [0.5, 0.6) is 5.75 Å². The minimum atomic E-state index is -0.0495. The van der Waals surface area contributed by atoms with Crippen molar-refractivity contribution in [3.8, 4) is 5.75 Å². The van der Waals surface area contributed by atoms with Gasteiger partial charge in [-0.05, 0) is 38.1 Å². The minimum Gasteiger partial charge on any atom is -0.487 e. The van der Waals surface area contributed by atoms with Gasteiger partial charge >= 0.3 is 0 Å². The molecule has 0 saturated heterocycles. The van der Waals surface area contributed by atoms with Crippen LogP contribution in [0, 0.1) is 0 Å². The molecule has 1 fully saturated rings. The summed E-state index contributed by atoms with van der Waals surface area (Å²) in [6, 6.07) is 6.28. The zero-order valence-corrected chi connectivity index (χ0v) is 13.6. The molecule has 1 aromatic rings. The highest BCUT2D eigenvalue weighted by Crippen LogP contribution is 2.50. The number of hydrogen-bond acceptors (Lipinski definition) is 3. The molecular formula is C17H24ClNO2. The van der Waals surface area contributed by atoms with E-state index in [0.717, 1.165) is 49.6 Å². The highest BCUT2D eigenvalue weighted by atomic mass is 35.5. The third-order valence-electron chi connectivity index (χ3n) is 4.49. The monoisotopic (exact) mass is 309 g/mol. The maximum absolute atomic E-state index is 6.32. The van der Waals surface area contributed by atoms with Gasteiger partial charge in [-0.25, -0.2) is 0 Å². The third-order valence-corrected chi connectivity index (χ3v) is 4.73. The quantitative estimate of drug-likeness (QED) is 0.888. The molecule has 3 rings (SSSR count). The maximum Gasteiger partial charge on any atom is 0.125 e. The van der Waals surface area contributed by atoms with Crippen LogP contribution in [-0.4, -0.2) is 24.9 Å². The third kappa shape index (κ3) is 3.05. The molecule has 1 unspecified atom stereocenters. The molecular weight excluding hydrogens is 286 g/mol. The van der Waals surface area contributed by atoms with Crippen LogP contribution in [0.3, 0.4) is 0 Å². The first-order chi connectivity index (χ1) is 10.2. The Morgan fingerprint density at radius 3 is 2.86 bits per heavy atom. The molecule has 2 aliphatic rings. The Balaban J connectivity index is 1.79. The van der Waals surface area contributed by atoms with Gasteiger partial charge in [0.1, 0.15) is 11.4 Å². The molecule has 0 bridgehead atoms. The molecule has 1 spiro atoms. The first kappa shape index (κ1) is 15.1. The lowest BCUT2D eigenvalue weighted by Gasteiger charge is -2.51. The Kier molecular flexibility index (Phi) is 4.43. The van der Waals surface area contributed by atoms with Crippen LogP contribution in [-0.2, 0) is 4.74 Å². The largest absolute Gasteiger partial charge is 0.487 e. The SMILES string of the molecule is CCCNC1CC2(CC(OCC)C2)Oc2ccc(Cl)cc21. The van der Waals surface area contributed by atoms with E-state index in [4.69, 9.17) is 21.1 Å². The first-order valence-electron chi connectivity index (χ1n) is 7.99. The lowest BCUT2D eigenvalue weighted by Crippen LogP contribution is -2.56. The van der Waals surface area contributed by atoms with Crippen LogP contribution in [0.2, 0.25) is 5.02 Å². The van der Waals surface area contributed by atoms with Crippen LogP contribution in [0.4, 0.5) is 0 Å². The van der Waals surface area contributed by atoms with Crippen LogP contribution in [0.15, 0.2) is 18.2 Å². The van der Waals surface area contributed by atoms with Gasteiger partial charge in [0, 0.05) is 42.5 Å². The fourth-order valence-electron chi connectivity index (χ4n) is 3.52. The Morgan fingerprint density at radius 1 is 1.33 bits per heavy atom. The summed E-state index contributed by atoms with van der Waals surface area (Å²) < 4.78 is 12.0. The second-order valence-corrected chi connectivity index (χ2v) is 6.60. The van der Waals surface area contributed by atoms with Gasteiger partial charge in [-0.2, -0.15) is 0 Å². The molecule has 4 heteroatoms. The molecule has 0 amide bonds. The normalized spacial score (nSPS) is 30.6. The molecule has 1 aliphatic carbocycles. The lowest BCUT2D eigenvalue weighted by molar-refractivity contribution is -0.135. The summed E-state index contributed by atoms with van der Waals surface area (Å²) in [5.74, 6) is 0.981. The summed E-state index contributed by atoms with van der Waals surface area (Å²) in [5, 5.41) is 4.42. The maximum atomic E-state index is 6.32. The van der Waals surface area contributed by atoms with E-state index in [-0.39, 0.29) is 5.60 Å². The van der Waals surface area contributed by atoms with Crippen LogP contribution >= 0.6 is 11.6 Å². The topological polar surface area (TPSA) is 30.5 Å². The molecule has 21 heavy (non-hydrogen) atoms. The van der Waals surface area contributed by atoms with E-state index >= 15 is 0 Å². The fraction of sp³-hybridized carbons (Fsp3) is 0.647. The van der Waals surface area contributed by atoms with E-state index in [1.807, 2.05) is 18.2 Å². The number of rotatable bonds is 5. The smallest absolute Gasteiger partial charge is 0.125 e. The fourth-order valence-corrected chi connectivity index (χ4v) is 3.70. The van der Waals surface area contributed by atoms with Crippen molar-refractivity contribution in [1.29, 1.82) is 0 Å². The Labute approximate surface area is 132 Å². The van der Waals surface area contributed by atoms with Crippen LogP contribution in [0.1, 0.15) is 51.1 Å². The predicted octanol–water partition coefficient (Wildman–Crippen LogP) is 4.10. The van der Waals surface area contributed by atoms with E-state index < -0.39 is 0 Å². The van der Waals surface area contributed by atoms with Crippen LogP contribution < -0.4 is 10.1 Å². The molecule has 0 radical (unpaired) electrons. The number of halogens is 1. The molecule has 1 aliphatic heterocycles. The van der Waals surface area contributed by atoms with Gasteiger partial charge in [0.25, 0.3) is 0 Å². The second-order valence-electron chi connectivity index (χ2n) is 6.16. The second kappa shape index (κ2) is 6.15. The minimum absolute atomic E-state index is 0.0495. The number of hydrogen-bond donors (Lipinski definition) is 1. The summed E-state index contributed by atoms with van der Waals surface area (Å²) in [5.41, 5.74) is 1.15. The van der Waals surface area contributed by atoms with Crippen molar-refractivity contribution >= 4 is 11.6 Å². The Morgan fingerprint density at radius 2 is 2.14 bits per heavy atom. The zero-order valence-electron chi connectivity index (χ0n) is 12.8. The highest BCUT2D eigenvalue weighted by molar-refractivity contribution is 6.30. The van der Waals surface area contributed by atoms with Crippen LogP contribution in [0.25, 0.3) is 0 Å². The van der Waals surface area contributed by atoms with Crippen molar-refractivity contribution < 1.29 is 9.47 Å². The zero-order chi connectivity index (χ0) is 14.9. The average molecular weight is 310 g/mol.